The lowest BCUT2D eigenvalue weighted by Crippen LogP contribution is -2.36. The number of amides is 2. The molecule has 5 nitrogen and oxygen atoms in total. The molecule has 0 heterocycles. The summed E-state index contributed by atoms with van der Waals surface area (Å²) in [6, 6.07) is -0.148. The topological polar surface area (TPSA) is 70.6 Å². The molecule has 0 radical (unpaired) electrons. The normalized spacial score (nSPS) is 9.69. The SMILES string of the molecule is CCNC(=O)NCCCOCCO. The van der Waals surface area contributed by atoms with Gasteiger partial charge >= 0.3 is 6.03 Å². The zero-order valence-corrected chi connectivity index (χ0v) is 8.01. The van der Waals surface area contributed by atoms with Crippen LogP contribution < -0.4 is 10.6 Å². The van der Waals surface area contributed by atoms with Gasteiger partial charge in [-0.1, -0.05) is 0 Å². The third-order valence-electron chi connectivity index (χ3n) is 1.32. The summed E-state index contributed by atoms with van der Waals surface area (Å²) in [4.78, 5) is 10.8. The molecule has 2 amide bonds. The predicted molar refractivity (Wildman–Crippen MR) is 49.6 cm³/mol. The Bertz CT molecular complexity index is 131. The number of hydrogen-bond acceptors (Lipinski definition) is 3. The van der Waals surface area contributed by atoms with E-state index in [-0.39, 0.29) is 12.6 Å². The molecule has 0 aliphatic carbocycles. The van der Waals surface area contributed by atoms with E-state index in [1.807, 2.05) is 6.92 Å². The Labute approximate surface area is 78.5 Å². The number of nitrogens with one attached hydrogen (secondary N) is 2. The highest BCUT2D eigenvalue weighted by atomic mass is 16.5. The maximum absolute atomic E-state index is 10.8. The van der Waals surface area contributed by atoms with Gasteiger partial charge in [0.05, 0.1) is 13.2 Å². The number of aliphatic hydroxyl groups excluding tert-OH is 1. The molecule has 3 N–H and O–H groups in total. The van der Waals surface area contributed by atoms with E-state index in [1.165, 1.54) is 0 Å². The van der Waals surface area contributed by atoms with Crippen LogP contribution in [0.3, 0.4) is 0 Å². The zero-order chi connectivity index (χ0) is 9.94. The third kappa shape index (κ3) is 9.10. The number of carbonyl (C=O) groups excluding carboxylic acids is 1. The third-order valence-corrected chi connectivity index (χ3v) is 1.32. The van der Waals surface area contributed by atoms with E-state index >= 15 is 0 Å². The molecule has 0 aromatic carbocycles. The Balaban J connectivity index is 3.02. The quantitative estimate of drug-likeness (QED) is 0.483. The first kappa shape index (κ1) is 12.2. The molecule has 0 aromatic rings. The molecule has 0 spiro atoms. The molecule has 0 saturated heterocycles. The average Bonchev–Trinajstić information content (AvgIpc) is 2.11. The van der Waals surface area contributed by atoms with E-state index in [2.05, 4.69) is 10.6 Å². The van der Waals surface area contributed by atoms with Crippen molar-refractivity contribution in [3.05, 3.63) is 0 Å². The van der Waals surface area contributed by atoms with Crippen LogP contribution in [0.2, 0.25) is 0 Å². The first-order valence-corrected chi connectivity index (χ1v) is 4.51. The van der Waals surface area contributed by atoms with E-state index < -0.39 is 0 Å². The van der Waals surface area contributed by atoms with Crippen LogP contribution in [0.4, 0.5) is 4.79 Å². The summed E-state index contributed by atoms with van der Waals surface area (Å²) in [6.45, 7) is 4.06. The van der Waals surface area contributed by atoms with Gasteiger partial charge in [-0.25, -0.2) is 4.79 Å². The Morgan fingerprint density at radius 2 is 2.15 bits per heavy atom. The Morgan fingerprint density at radius 3 is 2.77 bits per heavy atom. The fourth-order valence-corrected chi connectivity index (χ4v) is 0.766. The second-order valence-corrected chi connectivity index (χ2v) is 2.48. The number of aliphatic hydroxyl groups is 1. The Hall–Kier alpha value is -0.810. The molecular formula is C8H18N2O3. The van der Waals surface area contributed by atoms with Crippen LogP contribution in [0, 0.1) is 0 Å². The smallest absolute Gasteiger partial charge is 0.314 e. The maximum atomic E-state index is 10.8. The summed E-state index contributed by atoms with van der Waals surface area (Å²) in [5, 5.41) is 13.7. The van der Waals surface area contributed by atoms with Crippen molar-refractivity contribution in [2.24, 2.45) is 0 Å². The summed E-state index contributed by atoms with van der Waals surface area (Å²) in [5.41, 5.74) is 0. The number of hydrogen-bond donors (Lipinski definition) is 3. The van der Waals surface area contributed by atoms with Gasteiger partial charge in [0.15, 0.2) is 0 Å². The largest absolute Gasteiger partial charge is 0.394 e. The fraction of sp³-hybridized carbons (Fsp3) is 0.875. The summed E-state index contributed by atoms with van der Waals surface area (Å²) in [5.74, 6) is 0. The summed E-state index contributed by atoms with van der Waals surface area (Å²) in [7, 11) is 0. The molecule has 0 aliphatic heterocycles. The van der Waals surface area contributed by atoms with Crippen LogP contribution in [-0.4, -0.2) is 44.0 Å². The first-order valence-electron chi connectivity index (χ1n) is 4.51. The predicted octanol–water partition coefficient (Wildman–Crippen LogP) is -0.295. The first-order chi connectivity index (χ1) is 6.31. The lowest BCUT2D eigenvalue weighted by Gasteiger charge is -2.05. The molecule has 78 valence electrons. The van der Waals surface area contributed by atoms with E-state index in [4.69, 9.17) is 9.84 Å². The highest BCUT2D eigenvalue weighted by Crippen LogP contribution is 1.80. The van der Waals surface area contributed by atoms with E-state index in [0.717, 1.165) is 6.42 Å². The van der Waals surface area contributed by atoms with Crippen LogP contribution in [0.15, 0.2) is 0 Å². The lowest BCUT2D eigenvalue weighted by molar-refractivity contribution is 0.0910. The van der Waals surface area contributed by atoms with Crippen molar-refractivity contribution >= 4 is 6.03 Å². The van der Waals surface area contributed by atoms with Crippen LogP contribution in [-0.2, 0) is 4.74 Å². The number of urea groups is 1. The van der Waals surface area contributed by atoms with Gasteiger partial charge in [0.1, 0.15) is 0 Å². The van der Waals surface area contributed by atoms with E-state index in [1.54, 1.807) is 0 Å². The highest BCUT2D eigenvalue weighted by molar-refractivity contribution is 5.73. The monoisotopic (exact) mass is 190 g/mol. The number of rotatable bonds is 7. The van der Waals surface area contributed by atoms with Crippen molar-refractivity contribution in [1.82, 2.24) is 10.6 Å². The molecule has 13 heavy (non-hydrogen) atoms. The Morgan fingerprint density at radius 1 is 1.38 bits per heavy atom. The zero-order valence-electron chi connectivity index (χ0n) is 8.01. The lowest BCUT2D eigenvalue weighted by atomic mass is 10.4. The van der Waals surface area contributed by atoms with Crippen molar-refractivity contribution in [2.45, 2.75) is 13.3 Å². The van der Waals surface area contributed by atoms with Gasteiger partial charge in [0.25, 0.3) is 0 Å². The van der Waals surface area contributed by atoms with Gasteiger partial charge < -0.3 is 20.5 Å². The van der Waals surface area contributed by atoms with Crippen LogP contribution in [0.25, 0.3) is 0 Å². The second-order valence-electron chi connectivity index (χ2n) is 2.48. The van der Waals surface area contributed by atoms with Crippen molar-refractivity contribution < 1.29 is 14.6 Å². The van der Waals surface area contributed by atoms with Gasteiger partial charge in [-0.05, 0) is 13.3 Å². The second kappa shape index (κ2) is 9.28. The average molecular weight is 190 g/mol. The van der Waals surface area contributed by atoms with Crippen molar-refractivity contribution in [1.29, 1.82) is 0 Å². The van der Waals surface area contributed by atoms with Gasteiger partial charge in [-0.15, -0.1) is 0 Å². The van der Waals surface area contributed by atoms with Gasteiger partial charge in [-0.3, -0.25) is 0 Å². The minimum atomic E-state index is -0.148. The molecule has 0 unspecified atom stereocenters. The van der Waals surface area contributed by atoms with Gasteiger partial charge in [0.2, 0.25) is 0 Å². The van der Waals surface area contributed by atoms with E-state index in [0.29, 0.717) is 26.3 Å². The molecule has 0 aliphatic rings. The van der Waals surface area contributed by atoms with Crippen LogP contribution in [0.1, 0.15) is 13.3 Å². The van der Waals surface area contributed by atoms with Crippen LogP contribution >= 0.6 is 0 Å². The fourth-order valence-electron chi connectivity index (χ4n) is 0.766. The maximum Gasteiger partial charge on any atom is 0.314 e. The van der Waals surface area contributed by atoms with Crippen molar-refractivity contribution in [2.75, 3.05) is 32.9 Å². The standard InChI is InChI=1S/C8H18N2O3/c1-2-9-8(12)10-4-3-6-13-7-5-11/h11H,2-7H2,1H3,(H2,9,10,12). The minimum Gasteiger partial charge on any atom is -0.394 e. The van der Waals surface area contributed by atoms with Crippen molar-refractivity contribution in [3.8, 4) is 0 Å². The molecule has 0 bridgehead atoms. The minimum absolute atomic E-state index is 0.0454. The van der Waals surface area contributed by atoms with E-state index in [9.17, 15) is 4.79 Å². The van der Waals surface area contributed by atoms with Gasteiger partial charge in [-0.2, -0.15) is 0 Å². The summed E-state index contributed by atoms with van der Waals surface area (Å²) >= 11 is 0. The molecular weight excluding hydrogens is 172 g/mol. The molecule has 0 saturated carbocycles. The van der Waals surface area contributed by atoms with Crippen LogP contribution in [0.5, 0.6) is 0 Å². The number of ether oxygens (including phenoxy) is 1. The number of carbonyl (C=O) groups is 1. The van der Waals surface area contributed by atoms with Gasteiger partial charge in [0, 0.05) is 19.7 Å². The Kier molecular flexibility index (Phi) is 8.70. The van der Waals surface area contributed by atoms with Crippen molar-refractivity contribution in [3.63, 3.8) is 0 Å². The molecule has 5 heteroatoms. The highest BCUT2D eigenvalue weighted by Gasteiger charge is 1.95. The summed E-state index contributed by atoms with van der Waals surface area (Å²) in [6.07, 6.45) is 0.761. The molecule has 0 fully saturated rings. The molecule has 0 atom stereocenters. The molecule has 0 rings (SSSR count). The summed E-state index contributed by atoms with van der Waals surface area (Å²) < 4.78 is 5.00. The molecule has 0 aromatic heterocycles.